The summed E-state index contributed by atoms with van der Waals surface area (Å²) < 4.78 is 4.12. The van der Waals surface area contributed by atoms with Gasteiger partial charge in [-0.25, -0.2) is 0 Å². The third-order valence-electron chi connectivity index (χ3n) is 5.94. The van der Waals surface area contributed by atoms with Crippen LogP contribution in [0.3, 0.4) is 0 Å². The number of rotatable bonds is 10. The molecule has 6 heteroatoms. The average Bonchev–Trinajstić information content (AvgIpc) is 2.93. The molecule has 0 bridgehead atoms. The number of benzene rings is 3. The van der Waals surface area contributed by atoms with Gasteiger partial charge in [0.1, 0.15) is 0 Å². The van der Waals surface area contributed by atoms with Crippen molar-refractivity contribution in [3.63, 3.8) is 0 Å². The Morgan fingerprint density at radius 3 is 2.31 bits per heavy atom. The van der Waals surface area contributed by atoms with E-state index in [0.717, 1.165) is 33.6 Å². The minimum absolute atomic E-state index is 0.0626. The van der Waals surface area contributed by atoms with E-state index < -0.39 is 0 Å². The lowest BCUT2D eigenvalue weighted by Crippen LogP contribution is -2.26. The van der Waals surface area contributed by atoms with Gasteiger partial charge in [0, 0.05) is 43.2 Å². The highest BCUT2D eigenvalue weighted by Gasteiger charge is 2.15. The molecule has 36 heavy (non-hydrogen) atoms. The zero-order chi connectivity index (χ0) is 25.2. The van der Waals surface area contributed by atoms with Crippen molar-refractivity contribution in [1.82, 2.24) is 15.6 Å². The van der Waals surface area contributed by atoms with E-state index >= 15 is 0 Å². The molecular weight excluding hydrogens is 450 g/mol. The molecular formula is C30H30N3O3+. The van der Waals surface area contributed by atoms with Crippen LogP contribution in [-0.2, 0) is 24.2 Å². The first kappa shape index (κ1) is 24.7. The summed E-state index contributed by atoms with van der Waals surface area (Å²) in [7, 11) is 1.74. The van der Waals surface area contributed by atoms with Crippen LogP contribution >= 0.6 is 0 Å². The van der Waals surface area contributed by atoms with Crippen LogP contribution in [0.1, 0.15) is 27.0 Å². The Morgan fingerprint density at radius 1 is 0.806 bits per heavy atom. The average molecular weight is 481 g/mol. The Hall–Kier alpha value is -4.45. The van der Waals surface area contributed by atoms with E-state index in [-0.39, 0.29) is 11.8 Å². The molecule has 0 aliphatic rings. The predicted octanol–water partition coefficient (Wildman–Crippen LogP) is 4.45. The summed E-state index contributed by atoms with van der Waals surface area (Å²) in [5.74, 6) is 0.691. The highest BCUT2D eigenvalue weighted by Crippen LogP contribution is 2.27. The first-order valence-electron chi connectivity index (χ1n) is 11.9. The van der Waals surface area contributed by atoms with Crippen molar-refractivity contribution < 1.29 is 14.3 Å². The Morgan fingerprint density at radius 2 is 1.56 bits per heavy atom. The Kier molecular flexibility index (Phi) is 8.44. The zero-order valence-corrected chi connectivity index (χ0v) is 20.3. The maximum atomic E-state index is 13.1. The molecule has 0 radical (unpaired) electrons. The molecule has 3 aromatic carbocycles. The molecule has 1 aromatic heterocycles. The number of carbonyl (C=O) groups excluding carboxylic acids is 2. The fourth-order valence-electron chi connectivity index (χ4n) is 4.02. The lowest BCUT2D eigenvalue weighted by Gasteiger charge is -2.15. The lowest BCUT2D eigenvalue weighted by atomic mass is 9.95. The summed E-state index contributed by atoms with van der Waals surface area (Å²) in [6.45, 7) is 0.887. The molecule has 0 unspecified atom stereocenters. The zero-order valence-electron chi connectivity index (χ0n) is 20.3. The SMILES string of the molecule is C[OH+]c1ccc(CC(=O)NCc2ccccc2-c2ccccc2C(=O)NCCc2cccnc2)cc1. The smallest absolute Gasteiger partial charge is 0.254 e. The largest absolute Gasteiger partial charge is 0.585 e. The van der Waals surface area contributed by atoms with Crippen LogP contribution in [0.5, 0.6) is 5.75 Å². The Bertz CT molecular complexity index is 1300. The molecule has 0 fully saturated rings. The summed E-state index contributed by atoms with van der Waals surface area (Å²) in [6.07, 6.45) is 4.54. The molecule has 4 aromatic rings. The van der Waals surface area contributed by atoms with Gasteiger partial charge >= 0.3 is 0 Å². The summed E-state index contributed by atoms with van der Waals surface area (Å²) in [5, 5.41) is 6.04. The molecule has 3 N–H and O–H groups in total. The molecule has 0 saturated carbocycles. The number of aromatic hydroxyl groups is 1. The van der Waals surface area contributed by atoms with E-state index in [1.54, 1.807) is 19.5 Å². The molecule has 4 rings (SSSR count). The minimum atomic E-state index is -0.129. The lowest BCUT2D eigenvalue weighted by molar-refractivity contribution is -0.120. The number of hydrogen-bond donors (Lipinski definition) is 2. The fraction of sp³-hybridized carbons (Fsp3) is 0.167. The monoisotopic (exact) mass is 480 g/mol. The molecule has 0 atom stereocenters. The van der Waals surface area contributed by atoms with E-state index in [9.17, 15) is 9.59 Å². The number of aliphatic hydroxyl groups is 1. The van der Waals surface area contributed by atoms with Gasteiger partial charge in [0.05, 0.1) is 6.42 Å². The first-order valence-corrected chi connectivity index (χ1v) is 11.9. The van der Waals surface area contributed by atoms with Crippen LogP contribution in [0.15, 0.2) is 97.3 Å². The van der Waals surface area contributed by atoms with Gasteiger partial charge in [0.2, 0.25) is 5.91 Å². The van der Waals surface area contributed by atoms with Crippen LogP contribution in [0.25, 0.3) is 11.1 Å². The van der Waals surface area contributed by atoms with Crippen molar-refractivity contribution in [3.8, 4) is 16.9 Å². The highest BCUT2D eigenvalue weighted by atomic mass is 16.5. The third kappa shape index (κ3) is 6.57. The topological polar surface area (TPSA) is 83.9 Å². The quantitative estimate of drug-likeness (QED) is 0.329. The maximum Gasteiger partial charge on any atom is 0.254 e. The van der Waals surface area contributed by atoms with Crippen LogP contribution < -0.4 is 10.6 Å². The second-order valence-electron chi connectivity index (χ2n) is 8.41. The van der Waals surface area contributed by atoms with E-state index in [2.05, 4.69) is 20.4 Å². The van der Waals surface area contributed by atoms with Crippen LogP contribution in [0.2, 0.25) is 0 Å². The number of aromatic nitrogens is 1. The van der Waals surface area contributed by atoms with Crippen molar-refractivity contribution in [2.45, 2.75) is 19.4 Å². The molecule has 0 aliphatic heterocycles. The van der Waals surface area contributed by atoms with E-state index in [0.29, 0.717) is 31.5 Å². The van der Waals surface area contributed by atoms with Crippen molar-refractivity contribution in [3.05, 3.63) is 120 Å². The van der Waals surface area contributed by atoms with Gasteiger partial charge in [-0.15, -0.1) is 0 Å². The van der Waals surface area contributed by atoms with Gasteiger partial charge in [0.15, 0.2) is 7.11 Å². The minimum Gasteiger partial charge on any atom is -0.585 e. The van der Waals surface area contributed by atoms with Gasteiger partial charge < -0.3 is 15.4 Å². The van der Waals surface area contributed by atoms with Gasteiger partial charge in [-0.05, 0) is 58.5 Å². The molecule has 1 heterocycles. The summed E-state index contributed by atoms with van der Waals surface area (Å²) >= 11 is 0. The van der Waals surface area contributed by atoms with Crippen LogP contribution in [0.4, 0.5) is 0 Å². The van der Waals surface area contributed by atoms with Gasteiger partial charge in [-0.3, -0.25) is 14.6 Å². The van der Waals surface area contributed by atoms with E-state index in [1.165, 1.54) is 0 Å². The molecule has 0 spiro atoms. The third-order valence-corrected chi connectivity index (χ3v) is 5.94. The second-order valence-corrected chi connectivity index (χ2v) is 8.41. The fourth-order valence-corrected chi connectivity index (χ4v) is 4.02. The number of amides is 2. The van der Waals surface area contributed by atoms with Crippen molar-refractivity contribution >= 4 is 11.8 Å². The van der Waals surface area contributed by atoms with Crippen molar-refractivity contribution in [1.29, 1.82) is 0 Å². The van der Waals surface area contributed by atoms with Crippen molar-refractivity contribution in [2.24, 2.45) is 0 Å². The Labute approximate surface area is 211 Å². The molecule has 0 aliphatic carbocycles. The first-order chi connectivity index (χ1) is 17.6. The molecule has 182 valence electrons. The van der Waals surface area contributed by atoms with E-state index in [4.69, 9.17) is 0 Å². The van der Waals surface area contributed by atoms with E-state index in [1.807, 2.05) is 84.9 Å². The van der Waals surface area contributed by atoms with Gasteiger partial charge in [-0.1, -0.05) is 48.5 Å². The predicted molar refractivity (Wildman–Crippen MR) is 142 cm³/mol. The number of carbonyl (C=O) groups is 2. The number of pyridine rings is 1. The summed E-state index contributed by atoms with van der Waals surface area (Å²) in [5.41, 5.74) is 5.31. The van der Waals surface area contributed by atoms with Crippen LogP contribution in [0, 0.1) is 0 Å². The highest BCUT2D eigenvalue weighted by molar-refractivity contribution is 6.01. The molecule has 0 saturated heterocycles. The second kappa shape index (κ2) is 12.3. The van der Waals surface area contributed by atoms with Crippen molar-refractivity contribution in [2.75, 3.05) is 13.7 Å². The molecule has 2 amide bonds. The van der Waals surface area contributed by atoms with Gasteiger partial charge in [-0.2, -0.15) is 0 Å². The number of ether oxygens (including phenoxy) is 1. The molecule has 6 nitrogen and oxygen atoms in total. The maximum absolute atomic E-state index is 13.1. The standard InChI is InChI=1S/C30H29N3O3/c1-36-25-14-12-22(13-15-25)19-29(34)33-21-24-8-2-3-9-26(24)27-10-4-5-11-28(27)30(35)32-18-16-23-7-6-17-31-20-23/h2-15,17,20H,16,18-19,21H2,1H3,(H,32,35)(H,33,34)/p+1. The number of nitrogens with one attached hydrogen (secondary N) is 2. The van der Waals surface area contributed by atoms with Gasteiger partial charge in [0.25, 0.3) is 11.7 Å². The number of nitrogens with zero attached hydrogens (tertiary/aromatic N) is 1. The Balaban J connectivity index is 1.43. The summed E-state index contributed by atoms with van der Waals surface area (Å²) in [6, 6.07) is 26.9. The number of hydrogen-bond acceptors (Lipinski definition) is 3. The summed E-state index contributed by atoms with van der Waals surface area (Å²) in [4.78, 5) is 29.8. The normalized spacial score (nSPS) is 10.5. The van der Waals surface area contributed by atoms with Crippen LogP contribution in [-0.4, -0.2) is 35.2 Å².